The van der Waals surface area contributed by atoms with Crippen LogP contribution in [0.15, 0.2) is 48.5 Å². The number of nitrogens with one attached hydrogen (secondary N) is 2. The summed E-state index contributed by atoms with van der Waals surface area (Å²) in [6.07, 6.45) is 0.0908. The first kappa shape index (κ1) is 23.3. The molecule has 0 unspecified atom stereocenters. The Bertz CT molecular complexity index is 1030. The maximum absolute atomic E-state index is 13.1. The lowest BCUT2D eigenvalue weighted by Gasteiger charge is -2.39. The fourth-order valence-electron chi connectivity index (χ4n) is 4.24. The highest BCUT2D eigenvalue weighted by Gasteiger charge is 2.35. The third-order valence-corrected chi connectivity index (χ3v) is 6.97. The quantitative estimate of drug-likeness (QED) is 0.649. The second kappa shape index (κ2) is 10.4. The van der Waals surface area contributed by atoms with Crippen molar-refractivity contribution in [1.82, 2.24) is 15.1 Å². The van der Waals surface area contributed by atoms with Gasteiger partial charge in [0, 0.05) is 55.7 Å². The molecule has 2 aliphatic heterocycles. The van der Waals surface area contributed by atoms with E-state index in [0.717, 1.165) is 30.0 Å². The van der Waals surface area contributed by atoms with Crippen LogP contribution in [0.1, 0.15) is 12.0 Å². The molecule has 2 aromatic rings. The number of hydrogen-bond donors (Lipinski definition) is 2. The second-order valence-corrected chi connectivity index (χ2v) is 9.04. The van der Waals surface area contributed by atoms with Crippen molar-refractivity contribution in [1.29, 1.82) is 0 Å². The number of carbonyl (C=O) groups excluding carboxylic acids is 2. The summed E-state index contributed by atoms with van der Waals surface area (Å²) in [5.41, 5.74) is 2.84. The van der Waals surface area contributed by atoms with Crippen molar-refractivity contribution in [3.8, 4) is 0 Å². The van der Waals surface area contributed by atoms with Crippen LogP contribution in [0.5, 0.6) is 0 Å². The molecule has 174 valence electrons. The molecule has 0 saturated carbocycles. The summed E-state index contributed by atoms with van der Waals surface area (Å²) in [6.45, 7) is 5.73. The molecule has 2 heterocycles. The highest BCUT2D eigenvalue weighted by atomic mass is 35.5. The molecule has 2 saturated heterocycles. The zero-order valence-electron chi connectivity index (χ0n) is 18.6. The third kappa shape index (κ3) is 5.39. The zero-order chi connectivity index (χ0) is 23.4. The first-order valence-corrected chi connectivity index (χ1v) is 11.9. The van der Waals surface area contributed by atoms with Crippen molar-refractivity contribution >= 4 is 52.1 Å². The van der Waals surface area contributed by atoms with E-state index in [9.17, 15) is 9.59 Å². The molecular weight excluding hydrogens is 458 g/mol. The number of rotatable bonds is 4. The first-order chi connectivity index (χ1) is 15.9. The Morgan fingerprint density at radius 3 is 2.55 bits per heavy atom. The van der Waals surface area contributed by atoms with Gasteiger partial charge < -0.3 is 25.3 Å². The molecule has 2 fully saturated rings. The van der Waals surface area contributed by atoms with Crippen LogP contribution >= 0.6 is 23.8 Å². The summed E-state index contributed by atoms with van der Waals surface area (Å²) >= 11 is 11.9. The van der Waals surface area contributed by atoms with Gasteiger partial charge in [0.25, 0.3) is 0 Å². The van der Waals surface area contributed by atoms with E-state index < -0.39 is 6.04 Å². The molecule has 7 nitrogen and oxygen atoms in total. The first-order valence-electron chi connectivity index (χ1n) is 11.1. The van der Waals surface area contributed by atoms with Gasteiger partial charge in [-0.1, -0.05) is 35.9 Å². The summed E-state index contributed by atoms with van der Waals surface area (Å²) in [7, 11) is 0. The predicted molar refractivity (Wildman–Crippen MR) is 136 cm³/mol. The minimum absolute atomic E-state index is 0.0310. The summed E-state index contributed by atoms with van der Waals surface area (Å²) in [6, 6.07) is 15.1. The number of thiocarbonyl (C=S) groups is 1. The fraction of sp³-hybridized carbons (Fsp3) is 0.375. The number of para-hydroxylation sites is 1. The molecule has 9 heteroatoms. The Morgan fingerprint density at radius 1 is 1.09 bits per heavy atom. The van der Waals surface area contributed by atoms with E-state index in [2.05, 4.69) is 27.7 Å². The van der Waals surface area contributed by atoms with Crippen molar-refractivity contribution in [3.63, 3.8) is 0 Å². The standard InChI is InChI=1S/C24H28ClN5O2S/c1-17-19(25)8-5-9-20(17)27-24(33)30-11-10-26-23(32)21(30)16-22(31)29-14-12-28(13-15-29)18-6-3-2-4-7-18/h2-9,21H,10-16H2,1H3,(H,26,32)(H,27,33)/t21-/m0/s1. The van der Waals surface area contributed by atoms with E-state index in [1.807, 2.05) is 53.1 Å². The summed E-state index contributed by atoms with van der Waals surface area (Å²) in [4.78, 5) is 31.7. The highest BCUT2D eigenvalue weighted by molar-refractivity contribution is 7.80. The number of hydrogen-bond acceptors (Lipinski definition) is 4. The molecule has 2 amide bonds. The molecule has 4 rings (SSSR count). The van der Waals surface area contributed by atoms with Crippen LogP contribution in [-0.4, -0.2) is 72.0 Å². The molecule has 0 aliphatic carbocycles. The molecule has 2 aromatic carbocycles. The van der Waals surface area contributed by atoms with Crippen LogP contribution in [0.4, 0.5) is 11.4 Å². The van der Waals surface area contributed by atoms with Crippen LogP contribution in [-0.2, 0) is 9.59 Å². The molecule has 0 bridgehead atoms. The monoisotopic (exact) mass is 485 g/mol. The zero-order valence-corrected chi connectivity index (χ0v) is 20.2. The van der Waals surface area contributed by atoms with Gasteiger partial charge in [0.2, 0.25) is 11.8 Å². The molecule has 2 aliphatic rings. The van der Waals surface area contributed by atoms with Crippen LogP contribution in [0.25, 0.3) is 0 Å². The number of carbonyl (C=O) groups is 2. The van der Waals surface area contributed by atoms with Crippen LogP contribution in [0.3, 0.4) is 0 Å². The van der Waals surface area contributed by atoms with Crippen molar-refractivity contribution in [2.45, 2.75) is 19.4 Å². The largest absolute Gasteiger partial charge is 0.368 e. The molecule has 0 radical (unpaired) electrons. The van der Waals surface area contributed by atoms with E-state index in [1.165, 1.54) is 0 Å². The van der Waals surface area contributed by atoms with E-state index in [-0.39, 0.29) is 18.2 Å². The number of amides is 2. The number of anilines is 2. The van der Waals surface area contributed by atoms with Crippen molar-refractivity contribution in [2.75, 3.05) is 49.5 Å². The number of benzene rings is 2. The molecule has 33 heavy (non-hydrogen) atoms. The lowest BCUT2D eigenvalue weighted by molar-refractivity contribution is -0.137. The Labute approximate surface area is 204 Å². The topological polar surface area (TPSA) is 67.9 Å². The fourth-order valence-corrected chi connectivity index (χ4v) is 4.74. The highest BCUT2D eigenvalue weighted by Crippen LogP contribution is 2.24. The van der Waals surface area contributed by atoms with Gasteiger partial charge >= 0.3 is 0 Å². The average molecular weight is 486 g/mol. The smallest absolute Gasteiger partial charge is 0.243 e. The minimum atomic E-state index is -0.641. The SMILES string of the molecule is Cc1c(Cl)cccc1NC(=S)N1CCNC(=O)[C@@H]1CC(=O)N1CCN(c2ccccc2)CC1. The summed E-state index contributed by atoms with van der Waals surface area (Å²) < 4.78 is 0. The maximum Gasteiger partial charge on any atom is 0.243 e. The summed E-state index contributed by atoms with van der Waals surface area (Å²) in [5.74, 6) is -0.207. The molecule has 2 N–H and O–H groups in total. The van der Waals surface area contributed by atoms with Gasteiger partial charge in [-0.25, -0.2) is 0 Å². The van der Waals surface area contributed by atoms with Gasteiger partial charge in [-0.3, -0.25) is 9.59 Å². The second-order valence-electron chi connectivity index (χ2n) is 8.25. The molecular formula is C24H28ClN5O2S. The van der Waals surface area contributed by atoms with E-state index in [4.69, 9.17) is 23.8 Å². The minimum Gasteiger partial charge on any atom is -0.368 e. The Balaban J connectivity index is 1.38. The van der Waals surface area contributed by atoms with Crippen molar-refractivity contribution < 1.29 is 9.59 Å². The van der Waals surface area contributed by atoms with Gasteiger partial charge in [0.1, 0.15) is 6.04 Å². The van der Waals surface area contributed by atoms with Crippen molar-refractivity contribution in [3.05, 3.63) is 59.1 Å². The molecule has 0 aromatic heterocycles. The van der Waals surface area contributed by atoms with E-state index in [0.29, 0.717) is 36.3 Å². The van der Waals surface area contributed by atoms with Gasteiger partial charge in [0.05, 0.1) is 6.42 Å². The van der Waals surface area contributed by atoms with E-state index >= 15 is 0 Å². The van der Waals surface area contributed by atoms with Gasteiger partial charge in [-0.05, 0) is 49.0 Å². The number of nitrogens with zero attached hydrogens (tertiary/aromatic N) is 3. The van der Waals surface area contributed by atoms with Crippen molar-refractivity contribution in [2.24, 2.45) is 0 Å². The predicted octanol–water partition coefficient (Wildman–Crippen LogP) is 2.88. The maximum atomic E-state index is 13.1. The third-order valence-electron chi connectivity index (χ3n) is 6.22. The lowest BCUT2D eigenvalue weighted by atomic mass is 10.1. The molecule has 0 spiro atoms. The Kier molecular flexibility index (Phi) is 7.35. The van der Waals surface area contributed by atoms with Crippen LogP contribution in [0.2, 0.25) is 5.02 Å². The molecule has 1 atom stereocenters. The lowest BCUT2D eigenvalue weighted by Crippen LogP contribution is -2.60. The van der Waals surface area contributed by atoms with Gasteiger partial charge in [-0.2, -0.15) is 0 Å². The van der Waals surface area contributed by atoms with Gasteiger partial charge in [-0.15, -0.1) is 0 Å². The normalized spacial score (nSPS) is 18.7. The Morgan fingerprint density at radius 2 is 1.82 bits per heavy atom. The summed E-state index contributed by atoms with van der Waals surface area (Å²) in [5, 5.41) is 7.14. The number of halogens is 1. The van der Waals surface area contributed by atoms with E-state index in [1.54, 1.807) is 0 Å². The van der Waals surface area contributed by atoms with Crippen LogP contribution < -0.4 is 15.5 Å². The average Bonchev–Trinajstić information content (AvgIpc) is 2.84. The van der Waals surface area contributed by atoms with Crippen LogP contribution in [0, 0.1) is 6.92 Å². The van der Waals surface area contributed by atoms with Gasteiger partial charge in [0.15, 0.2) is 5.11 Å². The number of piperazine rings is 2. The Hall–Kier alpha value is -2.84.